The largest absolute Gasteiger partial charge is 0.507 e. The number of phenolic OH excluding ortho intramolecular Hbond substituents is 2. The van der Waals surface area contributed by atoms with Crippen LogP contribution in [0.15, 0.2) is 24.3 Å². The maximum absolute atomic E-state index is 13.9. The Kier molecular flexibility index (Phi) is 10.4. The quantitative estimate of drug-likeness (QED) is 0.208. The van der Waals surface area contributed by atoms with Gasteiger partial charge in [0.1, 0.15) is 35.4 Å². The minimum Gasteiger partial charge on any atom is -0.507 e. The average Bonchev–Trinajstić information content (AvgIpc) is 3.05. The maximum atomic E-state index is 13.9. The zero-order chi connectivity index (χ0) is 38.0. The molecule has 15 heteroatoms. The predicted octanol–water partition coefficient (Wildman–Crippen LogP) is 1.61. The van der Waals surface area contributed by atoms with Gasteiger partial charge in [-0.25, -0.2) is 0 Å². The lowest BCUT2D eigenvalue weighted by molar-refractivity contribution is -0.310. The molecule has 6 rings (SSSR count). The summed E-state index contributed by atoms with van der Waals surface area (Å²) in [6.45, 7) is 4.64. The van der Waals surface area contributed by atoms with Crippen LogP contribution in [0.2, 0.25) is 0 Å². The third kappa shape index (κ3) is 6.53. The molecule has 2 aromatic carbocycles. The smallest absolute Gasteiger partial charge is 0.316 e. The highest BCUT2D eigenvalue weighted by atomic mass is 16.7. The molecule has 0 amide bonds. The second-order valence-electron chi connectivity index (χ2n) is 14.5. The third-order valence-electron chi connectivity index (χ3n) is 10.7. The molecular formula is C37H45NO14. The number of aliphatic hydroxyl groups is 3. The number of phenols is 2. The van der Waals surface area contributed by atoms with Crippen molar-refractivity contribution in [3.05, 3.63) is 57.6 Å². The molecule has 11 atom stereocenters. The molecule has 52 heavy (non-hydrogen) atoms. The Balaban J connectivity index is 1.40. The Morgan fingerprint density at radius 3 is 2.27 bits per heavy atom. The molecular weight excluding hydrogens is 682 g/mol. The summed E-state index contributed by atoms with van der Waals surface area (Å²) in [5.74, 6) is -5.63. The minimum atomic E-state index is -2.11. The minimum absolute atomic E-state index is 0.0385. The normalized spacial score (nSPS) is 34.3. The Morgan fingerprint density at radius 2 is 1.63 bits per heavy atom. The first-order valence-electron chi connectivity index (χ1n) is 17.2. The van der Waals surface area contributed by atoms with Crippen molar-refractivity contribution in [2.24, 2.45) is 0 Å². The fourth-order valence-electron chi connectivity index (χ4n) is 8.23. The number of benzene rings is 2. The first-order chi connectivity index (χ1) is 24.5. The third-order valence-corrected chi connectivity index (χ3v) is 10.7. The number of methoxy groups -OCH3 is 1. The van der Waals surface area contributed by atoms with Crippen LogP contribution in [0.4, 0.5) is 0 Å². The van der Waals surface area contributed by atoms with E-state index in [9.17, 15) is 44.7 Å². The van der Waals surface area contributed by atoms with Crippen molar-refractivity contribution < 1.29 is 68.4 Å². The Morgan fingerprint density at radius 1 is 0.962 bits per heavy atom. The Hall–Kier alpha value is -3.80. The number of ketones is 3. The highest BCUT2D eigenvalue weighted by Crippen LogP contribution is 2.54. The number of aliphatic hydroxyl groups excluding tert-OH is 2. The second-order valence-corrected chi connectivity index (χ2v) is 14.5. The van der Waals surface area contributed by atoms with E-state index in [1.807, 2.05) is 19.0 Å². The number of rotatable bonds is 8. The lowest BCUT2D eigenvalue weighted by atomic mass is 9.66. The van der Waals surface area contributed by atoms with Gasteiger partial charge in [0, 0.05) is 48.4 Å². The molecule has 2 saturated heterocycles. The van der Waals surface area contributed by atoms with Crippen LogP contribution in [0, 0.1) is 0 Å². The van der Waals surface area contributed by atoms with Crippen LogP contribution < -0.4 is 0 Å². The van der Waals surface area contributed by atoms with Gasteiger partial charge in [-0.05, 0) is 52.6 Å². The van der Waals surface area contributed by atoms with Gasteiger partial charge in [0.15, 0.2) is 18.4 Å². The number of fused-ring (bicyclic) bond motifs is 3. The van der Waals surface area contributed by atoms with Crippen LogP contribution in [-0.4, -0.2) is 130 Å². The van der Waals surface area contributed by atoms with Crippen LogP contribution in [-0.2, 0) is 33.3 Å². The van der Waals surface area contributed by atoms with Gasteiger partial charge in [-0.1, -0.05) is 12.1 Å². The summed E-state index contributed by atoms with van der Waals surface area (Å²) in [6.07, 6.45) is -7.86. The summed E-state index contributed by atoms with van der Waals surface area (Å²) in [7, 11) is 4.76. The van der Waals surface area contributed by atoms with Gasteiger partial charge < -0.3 is 54.1 Å². The summed E-state index contributed by atoms with van der Waals surface area (Å²) >= 11 is 0. The molecule has 0 unspecified atom stereocenters. The zero-order valence-electron chi connectivity index (χ0n) is 29.8. The van der Waals surface area contributed by atoms with Crippen molar-refractivity contribution in [1.82, 2.24) is 4.90 Å². The molecule has 4 aliphatic rings. The Bertz CT molecular complexity index is 1760. The van der Waals surface area contributed by atoms with E-state index < -0.39 is 114 Å². The van der Waals surface area contributed by atoms with E-state index in [1.54, 1.807) is 13.8 Å². The number of carbonyl (C=O) groups is 4. The van der Waals surface area contributed by atoms with Crippen molar-refractivity contribution >= 4 is 23.3 Å². The molecule has 2 fully saturated rings. The van der Waals surface area contributed by atoms with Crippen molar-refractivity contribution in [2.45, 2.75) is 113 Å². The summed E-state index contributed by atoms with van der Waals surface area (Å²) in [4.78, 5) is 55.5. The maximum Gasteiger partial charge on any atom is 0.316 e. The van der Waals surface area contributed by atoms with E-state index in [0.717, 1.165) is 7.11 Å². The van der Waals surface area contributed by atoms with Crippen molar-refractivity contribution in [2.75, 3.05) is 21.2 Å². The van der Waals surface area contributed by atoms with Gasteiger partial charge in [0.05, 0.1) is 48.3 Å². The van der Waals surface area contributed by atoms with Crippen LogP contribution in [0.1, 0.15) is 101 Å². The molecule has 282 valence electrons. The fraction of sp³-hybridized carbons (Fsp3) is 0.568. The molecule has 0 spiro atoms. The zero-order valence-corrected chi connectivity index (χ0v) is 29.8. The first-order valence-corrected chi connectivity index (χ1v) is 17.2. The van der Waals surface area contributed by atoms with Gasteiger partial charge in [-0.2, -0.15) is 0 Å². The molecule has 2 aliphatic heterocycles. The first kappa shape index (κ1) is 37.9. The lowest BCUT2D eigenvalue weighted by Crippen LogP contribution is -2.57. The van der Waals surface area contributed by atoms with E-state index in [1.165, 1.54) is 31.2 Å². The van der Waals surface area contributed by atoms with Crippen molar-refractivity contribution in [3.8, 4) is 11.5 Å². The topological polar surface area (TPSA) is 219 Å². The number of hydrogen-bond acceptors (Lipinski definition) is 15. The summed E-state index contributed by atoms with van der Waals surface area (Å²) in [6, 6.07) is 4.88. The molecule has 5 N–H and O–H groups in total. The molecule has 0 aromatic heterocycles. The van der Waals surface area contributed by atoms with Gasteiger partial charge in [-0.3, -0.25) is 19.2 Å². The molecule has 0 bridgehead atoms. The van der Waals surface area contributed by atoms with Crippen LogP contribution in [0.5, 0.6) is 11.5 Å². The van der Waals surface area contributed by atoms with Gasteiger partial charge in [0.2, 0.25) is 5.78 Å². The van der Waals surface area contributed by atoms with E-state index >= 15 is 0 Å². The lowest BCUT2D eigenvalue weighted by Gasteiger charge is -2.48. The van der Waals surface area contributed by atoms with E-state index in [2.05, 4.69) is 0 Å². The number of likely N-dealkylation sites (N-methyl/N-ethyl adjacent to an activating group) is 1. The number of Topliss-reactive ketones (excluding diaryl/α,β-unsaturated/α-hetero) is 1. The fourth-order valence-corrected chi connectivity index (χ4v) is 8.23. The monoisotopic (exact) mass is 727 g/mol. The molecule has 2 aliphatic carbocycles. The van der Waals surface area contributed by atoms with Gasteiger partial charge >= 0.3 is 5.97 Å². The molecule has 0 saturated carbocycles. The van der Waals surface area contributed by atoms with E-state index in [4.69, 9.17) is 23.7 Å². The SMILES string of the molecule is COC(=O)[C@@H]1c2cc3c(c(O)c2[C@@H](O[C@H]2C[C@H](N(C)C)[C@H](O[C@H]4C[C@H](O)[C@H](O)[C@H](C)O4)[C@H](C)O2)C[C@]1(O)CC(C)=O)C(=O)c1c(O)cccc1C3=O. The van der Waals surface area contributed by atoms with Crippen molar-refractivity contribution in [1.29, 1.82) is 0 Å². The van der Waals surface area contributed by atoms with Gasteiger partial charge in [0.25, 0.3) is 0 Å². The molecule has 0 radical (unpaired) electrons. The number of esters is 1. The van der Waals surface area contributed by atoms with E-state index in [0.29, 0.717) is 0 Å². The summed E-state index contributed by atoms with van der Waals surface area (Å²) < 4.78 is 30.0. The molecule has 15 nitrogen and oxygen atoms in total. The second kappa shape index (κ2) is 14.2. The number of aromatic hydroxyl groups is 2. The molecule has 2 aromatic rings. The van der Waals surface area contributed by atoms with E-state index in [-0.39, 0.29) is 46.7 Å². The van der Waals surface area contributed by atoms with Crippen molar-refractivity contribution in [3.63, 3.8) is 0 Å². The standard InChI is InChI=1S/C37H45NO14/c1-15(39)13-37(47)14-24(51-25-11-21(38(4)5)35(17(3)50-25)52-26-12-23(41)31(42)16(2)49-26)28-19(30(37)36(46)48-6)10-20-29(34(28)45)33(44)27-18(32(20)43)8-7-9-22(27)40/h7-10,16-17,21,23-26,30-31,35,40-42,45,47H,11-14H2,1-6H3/t16-,17-,21-,23-,24-,25-,26-,30-,31+,35+,37+/m0/s1. The highest BCUT2D eigenvalue weighted by molar-refractivity contribution is 6.30. The molecule has 2 heterocycles. The Labute approximate surface area is 300 Å². The summed E-state index contributed by atoms with van der Waals surface area (Å²) in [5, 5.41) is 55.1. The number of nitrogens with zero attached hydrogens (tertiary/aromatic N) is 1. The number of carbonyl (C=O) groups excluding carboxylic acids is 4. The van der Waals surface area contributed by atoms with Crippen LogP contribution >= 0.6 is 0 Å². The average molecular weight is 728 g/mol. The predicted molar refractivity (Wildman–Crippen MR) is 179 cm³/mol. The number of hydrogen-bond donors (Lipinski definition) is 5. The number of ether oxygens (including phenoxy) is 5. The van der Waals surface area contributed by atoms with Gasteiger partial charge in [-0.15, -0.1) is 0 Å². The summed E-state index contributed by atoms with van der Waals surface area (Å²) in [5.41, 5.74) is -3.30. The van der Waals surface area contributed by atoms with Crippen LogP contribution in [0.3, 0.4) is 0 Å². The van der Waals surface area contributed by atoms with Crippen LogP contribution in [0.25, 0.3) is 0 Å². The highest BCUT2D eigenvalue weighted by Gasteiger charge is 2.54.